The summed E-state index contributed by atoms with van der Waals surface area (Å²) in [6.07, 6.45) is 5.80. The van der Waals surface area contributed by atoms with Crippen LogP contribution in [0.4, 0.5) is 10.5 Å². The summed E-state index contributed by atoms with van der Waals surface area (Å²) < 4.78 is 5.75. The molecule has 140 valence electrons. The fraction of sp³-hybridized carbons (Fsp3) is 0.381. The number of rotatable bonds is 10. The molecule has 2 amide bonds. The molecule has 2 rings (SSSR count). The Hall–Kier alpha value is -2.53. The van der Waals surface area contributed by atoms with Gasteiger partial charge in [-0.2, -0.15) is 0 Å². The summed E-state index contributed by atoms with van der Waals surface area (Å²) in [4.78, 5) is 16.5. The Kier molecular flexibility index (Phi) is 8.49. The van der Waals surface area contributed by atoms with Crippen LogP contribution in [0.3, 0.4) is 0 Å². The zero-order valence-electron chi connectivity index (χ0n) is 15.6. The van der Waals surface area contributed by atoms with Gasteiger partial charge in [0.05, 0.1) is 13.7 Å². The molecule has 0 heterocycles. The largest absolute Gasteiger partial charge is 0.494 e. The number of urea groups is 1. The molecule has 0 radical (unpaired) electrons. The smallest absolute Gasteiger partial charge is 0.345 e. The molecule has 0 aromatic heterocycles. The van der Waals surface area contributed by atoms with Crippen LogP contribution >= 0.6 is 0 Å². The van der Waals surface area contributed by atoms with Crippen LogP contribution < -0.4 is 10.1 Å². The third-order valence-electron chi connectivity index (χ3n) is 4.14. The minimum atomic E-state index is -0.323. The van der Waals surface area contributed by atoms with E-state index in [9.17, 15) is 4.79 Å². The maximum Gasteiger partial charge on any atom is 0.345 e. The summed E-state index contributed by atoms with van der Waals surface area (Å²) in [5.41, 5.74) is 2.11. The molecule has 0 fully saturated rings. The number of anilines is 1. The van der Waals surface area contributed by atoms with Crippen LogP contribution in [0, 0.1) is 0 Å². The predicted octanol–water partition coefficient (Wildman–Crippen LogP) is 4.89. The molecule has 5 heteroatoms. The van der Waals surface area contributed by atoms with Crippen LogP contribution in [0.1, 0.15) is 31.2 Å². The SMILES string of the molecule is CON(C)C(=O)Nc1ccc(OCCCCCCc2ccccc2)cc1. The van der Waals surface area contributed by atoms with Crippen molar-refractivity contribution in [3.8, 4) is 5.75 Å². The molecular weight excluding hydrogens is 328 g/mol. The molecule has 2 aromatic carbocycles. The Morgan fingerprint density at radius 1 is 0.962 bits per heavy atom. The highest BCUT2D eigenvalue weighted by atomic mass is 16.7. The maximum atomic E-state index is 11.7. The second-order valence-electron chi connectivity index (χ2n) is 6.13. The van der Waals surface area contributed by atoms with E-state index >= 15 is 0 Å². The van der Waals surface area contributed by atoms with Crippen molar-refractivity contribution in [3.05, 3.63) is 60.2 Å². The number of benzene rings is 2. The number of nitrogens with zero attached hydrogens (tertiary/aromatic N) is 1. The molecule has 26 heavy (non-hydrogen) atoms. The zero-order valence-corrected chi connectivity index (χ0v) is 15.6. The first-order valence-corrected chi connectivity index (χ1v) is 9.04. The maximum absolute atomic E-state index is 11.7. The quantitative estimate of drug-likeness (QED) is 0.487. The lowest BCUT2D eigenvalue weighted by atomic mass is 10.1. The number of carbonyl (C=O) groups is 1. The van der Waals surface area contributed by atoms with E-state index in [0.29, 0.717) is 12.3 Å². The van der Waals surface area contributed by atoms with E-state index in [-0.39, 0.29) is 6.03 Å². The fourth-order valence-corrected chi connectivity index (χ4v) is 2.54. The van der Waals surface area contributed by atoms with Gasteiger partial charge in [0.15, 0.2) is 0 Å². The van der Waals surface area contributed by atoms with E-state index in [2.05, 4.69) is 35.6 Å². The number of aryl methyl sites for hydroxylation is 1. The van der Waals surface area contributed by atoms with Gasteiger partial charge in [-0.05, 0) is 49.1 Å². The molecule has 5 nitrogen and oxygen atoms in total. The molecule has 2 aromatic rings. The van der Waals surface area contributed by atoms with Crippen molar-refractivity contribution in [1.29, 1.82) is 0 Å². The number of carbonyl (C=O) groups excluding carboxylic acids is 1. The van der Waals surface area contributed by atoms with E-state index < -0.39 is 0 Å². The van der Waals surface area contributed by atoms with E-state index in [0.717, 1.165) is 23.7 Å². The molecule has 0 unspecified atom stereocenters. The fourth-order valence-electron chi connectivity index (χ4n) is 2.54. The number of amides is 2. The lowest BCUT2D eigenvalue weighted by molar-refractivity contribution is -0.0598. The van der Waals surface area contributed by atoms with Crippen molar-refractivity contribution in [2.75, 3.05) is 26.1 Å². The Bertz CT molecular complexity index is 644. The van der Waals surface area contributed by atoms with Gasteiger partial charge in [-0.3, -0.25) is 4.84 Å². The van der Waals surface area contributed by atoms with Crippen LogP contribution in [0.25, 0.3) is 0 Å². The average molecular weight is 356 g/mol. The van der Waals surface area contributed by atoms with Gasteiger partial charge in [0.25, 0.3) is 0 Å². The van der Waals surface area contributed by atoms with E-state index in [1.165, 1.54) is 31.9 Å². The molecule has 0 aliphatic carbocycles. The molecule has 0 saturated heterocycles. The Balaban J connectivity index is 1.57. The number of hydroxylamine groups is 2. The van der Waals surface area contributed by atoms with Gasteiger partial charge in [0.2, 0.25) is 0 Å². The molecule has 0 saturated carbocycles. The Morgan fingerprint density at radius 2 is 1.65 bits per heavy atom. The molecule has 0 atom stereocenters. The Morgan fingerprint density at radius 3 is 2.35 bits per heavy atom. The van der Waals surface area contributed by atoms with Crippen LogP contribution in [0.2, 0.25) is 0 Å². The van der Waals surface area contributed by atoms with Gasteiger partial charge in [0, 0.05) is 12.7 Å². The summed E-state index contributed by atoms with van der Waals surface area (Å²) >= 11 is 0. The van der Waals surface area contributed by atoms with Crippen LogP contribution in [-0.2, 0) is 11.3 Å². The molecule has 0 bridgehead atoms. The zero-order chi connectivity index (χ0) is 18.6. The summed E-state index contributed by atoms with van der Waals surface area (Å²) in [7, 11) is 2.99. The van der Waals surface area contributed by atoms with Crippen molar-refractivity contribution in [3.63, 3.8) is 0 Å². The van der Waals surface area contributed by atoms with Gasteiger partial charge in [-0.15, -0.1) is 0 Å². The molecule has 1 N–H and O–H groups in total. The normalized spacial score (nSPS) is 10.4. The van der Waals surface area contributed by atoms with Gasteiger partial charge in [0.1, 0.15) is 5.75 Å². The van der Waals surface area contributed by atoms with Crippen LogP contribution in [0.15, 0.2) is 54.6 Å². The van der Waals surface area contributed by atoms with Crippen molar-refractivity contribution in [2.24, 2.45) is 0 Å². The van der Waals surface area contributed by atoms with Gasteiger partial charge in [-0.25, -0.2) is 9.86 Å². The molecule has 0 spiro atoms. The van der Waals surface area contributed by atoms with Crippen LogP contribution in [-0.4, -0.2) is 31.9 Å². The highest BCUT2D eigenvalue weighted by molar-refractivity contribution is 5.88. The third kappa shape index (κ3) is 7.15. The first kappa shape index (κ1) is 19.8. The van der Waals surface area contributed by atoms with Crippen molar-refractivity contribution in [2.45, 2.75) is 32.1 Å². The first-order valence-electron chi connectivity index (χ1n) is 9.04. The van der Waals surface area contributed by atoms with E-state index in [1.807, 2.05) is 24.3 Å². The summed E-state index contributed by atoms with van der Waals surface area (Å²) in [6.45, 7) is 0.712. The minimum Gasteiger partial charge on any atom is -0.494 e. The second kappa shape index (κ2) is 11.2. The highest BCUT2D eigenvalue weighted by Gasteiger charge is 2.07. The highest BCUT2D eigenvalue weighted by Crippen LogP contribution is 2.17. The third-order valence-corrected chi connectivity index (χ3v) is 4.14. The first-order chi connectivity index (χ1) is 12.7. The summed E-state index contributed by atoms with van der Waals surface area (Å²) in [6, 6.07) is 17.6. The average Bonchev–Trinajstić information content (AvgIpc) is 2.68. The lowest BCUT2D eigenvalue weighted by Gasteiger charge is -2.14. The van der Waals surface area contributed by atoms with Gasteiger partial charge in [-0.1, -0.05) is 43.2 Å². The molecular formula is C21H28N2O3. The second-order valence-corrected chi connectivity index (χ2v) is 6.13. The van der Waals surface area contributed by atoms with Crippen LogP contribution in [0.5, 0.6) is 5.75 Å². The number of hydrogen-bond donors (Lipinski definition) is 1. The van der Waals surface area contributed by atoms with Gasteiger partial charge < -0.3 is 10.1 Å². The summed E-state index contributed by atoms with van der Waals surface area (Å²) in [5.74, 6) is 0.812. The molecule has 0 aliphatic heterocycles. The number of nitrogens with one attached hydrogen (secondary N) is 1. The standard InChI is InChI=1S/C21H28N2O3/c1-23(25-2)21(24)22-19-13-15-20(16-14-19)26-17-9-4-3-6-10-18-11-7-5-8-12-18/h5,7-8,11-16H,3-4,6,9-10,17H2,1-2H3,(H,22,24). The number of ether oxygens (including phenoxy) is 1. The number of hydrogen-bond acceptors (Lipinski definition) is 3. The van der Waals surface area contributed by atoms with Crippen molar-refractivity contribution in [1.82, 2.24) is 5.06 Å². The summed E-state index contributed by atoms with van der Waals surface area (Å²) in [5, 5.41) is 3.86. The molecule has 0 aliphatic rings. The monoisotopic (exact) mass is 356 g/mol. The topological polar surface area (TPSA) is 50.8 Å². The van der Waals surface area contributed by atoms with Crippen molar-refractivity contribution < 1.29 is 14.4 Å². The Labute approximate surface area is 155 Å². The van der Waals surface area contributed by atoms with E-state index in [4.69, 9.17) is 9.57 Å². The number of unbranched alkanes of at least 4 members (excludes halogenated alkanes) is 3. The van der Waals surface area contributed by atoms with E-state index in [1.54, 1.807) is 7.05 Å². The predicted molar refractivity (Wildman–Crippen MR) is 104 cm³/mol. The van der Waals surface area contributed by atoms with Gasteiger partial charge >= 0.3 is 6.03 Å². The lowest BCUT2D eigenvalue weighted by Crippen LogP contribution is -2.30. The van der Waals surface area contributed by atoms with Crippen molar-refractivity contribution >= 4 is 11.7 Å². The minimum absolute atomic E-state index is 0.323.